The number of nitrogens with one attached hydrogen (secondary N) is 1. The van der Waals surface area contributed by atoms with Gasteiger partial charge in [0, 0.05) is 17.3 Å². The molecule has 1 aromatic carbocycles. The largest absolute Gasteiger partial charge is 0.481 e. The van der Waals surface area contributed by atoms with Gasteiger partial charge in [-0.1, -0.05) is 23.7 Å². The molecule has 0 aliphatic carbocycles. The van der Waals surface area contributed by atoms with Crippen molar-refractivity contribution in [2.45, 2.75) is 19.8 Å². The van der Waals surface area contributed by atoms with Crippen LogP contribution in [-0.2, 0) is 11.2 Å². The summed E-state index contributed by atoms with van der Waals surface area (Å²) in [6.45, 7) is 2.01. The van der Waals surface area contributed by atoms with Crippen molar-refractivity contribution >= 4 is 28.5 Å². The topological polar surface area (TPSA) is 53.1 Å². The van der Waals surface area contributed by atoms with E-state index in [1.165, 1.54) is 0 Å². The maximum absolute atomic E-state index is 10.5. The first-order valence-electron chi connectivity index (χ1n) is 5.06. The highest BCUT2D eigenvalue weighted by Crippen LogP contribution is 2.27. The minimum atomic E-state index is -0.808. The number of rotatable bonds is 3. The van der Waals surface area contributed by atoms with E-state index in [1.807, 2.05) is 25.1 Å². The number of aromatic amines is 1. The van der Waals surface area contributed by atoms with Crippen molar-refractivity contribution < 1.29 is 9.90 Å². The molecule has 4 heteroatoms. The SMILES string of the molecule is Cc1ccc2c(CCC(=O)O)c(Cl)[nH]c2c1. The highest BCUT2D eigenvalue weighted by molar-refractivity contribution is 6.31. The third-order valence-corrected chi connectivity index (χ3v) is 2.92. The molecule has 0 spiro atoms. The van der Waals surface area contributed by atoms with E-state index in [-0.39, 0.29) is 6.42 Å². The molecule has 0 saturated carbocycles. The van der Waals surface area contributed by atoms with Gasteiger partial charge in [0.1, 0.15) is 5.15 Å². The molecule has 84 valence electrons. The molecule has 0 aliphatic rings. The van der Waals surface area contributed by atoms with Gasteiger partial charge in [-0.05, 0) is 30.5 Å². The molecule has 3 nitrogen and oxygen atoms in total. The Kier molecular flexibility index (Phi) is 2.88. The standard InChI is InChI=1S/C12H12ClNO2/c1-7-2-3-8-9(4-5-11(15)16)12(13)14-10(8)6-7/h2-3,6,14H,4-5H2,1H3,(H,15,16). The van der Waals surface area contributed by atoms with Crippen molar-refractivity contribution in [2.24, 2.45) is 0 Å². The lowest BCUT2D eigenvalue weighted by Gasteiger charge is -1.98. The van der Waals surface area contributed by atoms with Gasteiger partial charge in [0.05, 0.1) is 0 Å². The lowest BCUT2D eigenvalue weighted by atomic mass is 10.1. The summed E-state index contributed by atoms with van der Waals surface area (Å²) in [6.07, 6.45) is 0.553. The average Bonchev–Trinajstić information content (AvgIpc) is 2.50. The van der Waals surface area contributed by atoms with Crippen LogP contribution < -0.4 is 0 Å². The quantitative estimate of drug-likeness (QED) is 0.862. The van der Waals surface area contributed by atoms with Crippen molar-refractivity contribution in [1.82, 2.24) is 4.98 Å². The number of carboxylic acids is 1. The summed E-state index contributed by atoms with van der Waals surface area (Å²) in [6, 6.07) is 5.98. The average molecular weight is 238 g/mol. The van der Waals surface area contributed by atoms with Gasteiger partial charge < -0.3 is 10.1 Å². The fourth-order valence-corrected chi connectivity index (χ4v) is 2.11. The molecule has 0 saturated heterocycles. The van der Waals surface area contributed by atoms with E-state index in [1.54, 1.807) is 0 Å². The Labute approximate surface area is 98.0 Å². The zero-order chi connectivity index (χ0) is 11.7. The predicted octanol–water partition coefficient (Wildman–Crippen LogP) is 3.15. The fraction of sp³-hybridized carbons (Fsp3) is 0.250. The normalized spacial score (nSPS) is 10.9. The van der Waals surface area contributed by atoms with Crippen molar-refractivity contribution in [3.8, 4) is 0 Å². The lowest BCUT2D eigenvalue weighted by molar-refractivity contribution is -0.136. The Morgan fingerprint density at radius 2 is 2.25 bits per heavy atom. The third-order valence-electron chi connectivity index (χ3n) is 2.60. The van der Waals surface area contributed by atoms with E-state index < -0.39 is 5.97 Å². The van der Waals surface area contributed by atoms with Crippen LogP contribution in [0.3, 0.4) is 0 Å². The Bertz CT molecular complexity index is 545. The summed E-state index contributed by atoms with van der Waals surface area (Å²) in [5, 5.41) is 10.2. The van der Waals surface area contributed by atoms with Gasteiger partial charge in [0.25, 0.3) is 0 Å². The van der Waals surface area contributed by atoms with Crippen LogP contribution in [0.1, 0.15) is 17.5 Å². The number of aromatic nitrogens is 1. The van der Waals surface area contributed by atoms with Gasteiger partial charge in [-0.25, -0.2) is 0 Å². The van der Waals surface area contributed by atoms with Crippen LogP contribution in [0.15, 0.2) is 18.2 Å². The van der Waals surface area contributed by atoms with E-state index in [9.17, 15) is 4.79 Å². The number of hydrogen-bond acceptors (Lipinski definition) is 1. The zero-order valence-electron chi connectivity index (χ0n) is 8.88. The van der Waals surface area contributed by atoms with Crippen LogP contribution in [0.5, 0.6) is 0 Å². The van der Waals surface area contributed by atoms with Crippen LogP contribution in [0.4, 0.5) is 0 Å². The van der Waals surface area contributed by atoms with Crippen LogP contribution in [-0.4, -0.2) is 16.1 Å². The molecule has 1 aromatic heterocycles. The number of carboxylic acid groups (broad SMARTS) is 1. The summed E-state index contributed by atoms with van der Waals surface area (Å²) >= 11 is 6.05. The minimum Gasteiger partial charge on any atom is -0.481 e. The van der Waals surface area contributed by atoms with E-state index in [2.05, 4.69) is 4.98 Å². The fourth-order valence-electron chi connectivity index (χ4n) is 1.81. The van der Waals surface area contributed by atoms with Crippen molar-refractivity contribution in [2.75, 3.05) is 0 Å². The van der Waals surface area contributed by atoms with Crippen LogP contribution in [0.25, 0.3) is 10.9 Å². The van der Waals surface area contributed by atoms with Gasteiger partial charge in [0.15, 0.2) is 0 Å². The number of halogens is 1. The summed E-state index contributed by atoms with van der Waals surface area (Å²) < 4.78 is 0. The van der Waals surface area contributed by atoms with Gasteiger partial charge >= 0.3 is 5.97 Å². The first-order valence-corrected chi connectivity index (χ1v) is 5.44. The van der Waals surface area contributed by atoms with Crippen molar-refractivity contribution in [1.29, 1.82) is 0 Å². The molecular weight excluding hydrogens is 226 g/mol. The predicted molar refractivity (Wildman–Crippen MR) is 64.0 cm³/mol. The minimum absolute atomic E-state index is 0.0978. The number of aliphatic carboxylic acids is 1. The molecular formula is C12H12ClNO2. The second-order valence-corrected chi connectivity index (χ2v) is 4.24. The first-order chi connectivity index (χ1) is 7.58. The maximum atomic E-state index is 10.5. The van der Waals surface area contributed by atoms with Crippen LogP contribution in [0, 0.1) is 6.92 Å². The Morgan fingerprint density at radius 1 is 1.50 bits per heavy atom. The van der Waals surface area contributed by atoms with Gasteiger partial charge in [-0.3, -0.25) is 4.79 Å². The number of H-pyrrole nitrogens is 1. The number of hydrogen-bond donors (Lipinski definition) is 2. The second kappa shape index (κ2) is 4.18. The maximum Gasteiger partial charge on any atom is 0.303 e. The Hall–Kier alpha value is -1.48. The molecule has 0 fully saturated rings. The summed E-state index contributed by atoms with van der Waals surface area (Å²) in [7, 11) is 0. The smallest absolute Gasteiger partial charge is 0.303 e. The molecule has 0 amide bonds. The molecule has 2 aromatic rings. The highest BCUT2D eigenvalue weighted by atomic mass is 35.5. The Balaban J connectivity index is 2.43. The van der Waals surface area contributed by atoms with Crippen LogP contribution >= 0.6 is 11.6 Å². The van der Waals surface area contributed by atoms with Crippen LogP contribution in [0.2, 0.25) is 5.15 Å². The molecule has 16 heavy (non-hydrogen) atoms. The van der Waals surface area contributed by atoms with Crippen molar-refractivity contribution in [3.05, 3.63) is 34.5 Å². The van der Waals surface area contributed by atoms with Gasteiger partial charge in [0.2, 0.25) is 0 Å². The van der Waals surface area contributed by atoms with E-state index in [0.29, 0.717) is 11.6 Å². The molecule has 1 heterocycles. The molecule has 0 bridgehead atoms. The first kappa shape index (κ1) is 11.0. The van der Waals surface area contributed by atoms with E-state index in [4.69, 9.17) is 16.7 Å². The monoisotopic (exact) mass is 237 g/mol. The summed E-state index contributed by atoms with van der Waals surface area (Å²) in [4.78, 5) is 13.6. The molecule has 2 N–H and O–H groups in total. The molecule has 0 aliphatic heterocycles. The molecule has 0 unspecified atom stereocenters. The molecule has 0 atom stereocenters. The third kappa shape index (κ3) is 2.04. The van der Waals surface area contributed by atoms with Gasteiger partial charge in [-0.15, -0.1) is 0 Å². The number of fused-ring (bicyclic) bond motifs is 1. The molecule has 0 radical (unpaired) electrons. The summed E-state index contributed by atoms with van der Waals surface area (Å²) in [5.74, 6) is -0.808. The van der Waals surface area contributed by atoms with E-state index in [0.717, 1.165) is 22.0 Å². The summed E-state index contributed by atoms with van der Waals surface area (Å²) in [5.41, 5.74) is 3.00. The second-order valence-electron chi connectivity index (χ2n) is 3.86. The zero-order valence-corrected chi connectivity index (χ0v) is 9.64. The number of benzene rings is 1. The number of aryl methyl sites for hydroxylation is 2. The lowest BCUT2D eigenvalue weighted by Crippen LogP contribution is -1.97. The molecule has 2 rings (SSSR count). The Morgan fingerprint density at radius 3 is 2.94 bits per heavy atom. The van der Waals surface area contributed by atoms with E-state index >= 15 is 0 Å². The van der Waals surface area contributed by atoms with Crippen molar-refractivity contribution in [3.63, 3.8) is 0 Å². The highest BCUT2D eigenvalue weighted by Gasteiger charge is 2.11. The van der Waals surface area contributed by atoms with Gasteiger partial charge in [-0.2, -0.15) is 0 Å². The number of carbonyl (C=O) groups is 1.